The Hall–Kier alpha value is -1.43. The van der Waals surface area contributed by atoms with Crippen molar-refractivity contribution in [3.63, 3.8) is 0 Å². The van der Waals surface area contributed by atoms with Gasteiger partial charge in [-0.05, 0) is 31.2 Å². The van der Waals surface area contributed by atoms with E-state index >= 15 is 0 Å². The quantitative estimate of drug-likeness (QED) is 0.771. The van der Waals surface area contributed by atoms with Gasteiger partial charge in [-0.25, -0.2) is 4.90 Å². The summed E-state index contributed by atoms with van der Waals surface area (Å²) in [4.78, 5) is 2.55. The molecule has 1 aliphatic heterocycles. The number of ether oxygens (including phenoxy) is 1. The van der Waals surface area contributed by atoms with Crippen LogP contribution < -0.4 is 9.64 Å². The molecule has 0 N–H and O–H groups in total. The third-order valence-corrected chi connectivity index (χ3v) is 3.39. The highest BCUT2D eigenvalue weighted by Gasteiger charge is 2.40. The van der Waals surface area contributed by atoms with E-state index in [1.54, 1.807) is 7.11 Å². The average molecular weight is 274 g/mol. The Morgan fingerprint density at radius 2 is 1.79 bits per heavy atom. The van der Waals surface area contributed by atoms with E-state index in [4.69, 9.17) is 4.74 Å². The minimum absolute atomic E-state index is 0.000130. The lowest BCUT2D eigenvalue weighted by atomic mass is 10.1. The summed E-state index contributed by atoms with van der Waals surface area (Å²) in [5.41, 5.74) is 0.926. The molecule has 0 radical (unpaired) electrons. The second-order valence-corrected chi connectivity index (χ2v) is 4.65. The molecular weight excluding hydrogens is 257 g/mol. The van der Waals surface area contributed by atoms with Gasteiger partial charge in [-0.3, -0.25) is 0 Å². The van der Waals surface area contributed by atoms with Crippen molar-refractivity contribution in [1.29, 1.82) is 0 Å². The predicted molar refractivity (Wildman–Crippen MR) is 67.4 cm³/mol. The van der Waals surface area contributed by atoms with Crippen LogP contribution in [-0.4, -0.2) is 44.0 Å². The van der Waals surface area contributed by atoms with Gasteiger partial charge in [-0.15, -0.1) is 0 Å². The Labute approximate surface area is 110 Å². The van der Waals surface area contributed by atoms with E-state index in [2.05, 4.69) is 0 Å². The lowest BCUT2D eigenvalue weighted by Gasteiger charge is -2.41. The summed E-state index contributed by atoms with van der Waals surface area (Å²) in [6.45, 7) is 2.17. The number of benzene rings is 1. The average Bonchev–Trinajstić information content (AvgIpc) is 2.38. The molecule has 1 aromatic rings. The highest BCUT2D eigenvalue weighted by molar-refractivity contribution is 5.50. The first-order valence-electron chi connectivity index (χ1n) is 6.14. The van der Waals surface area contributed by atoms with Crippen molar-refractivity contribution in [2.45, 2.75) is 19.3 Å². The van der Waals surface area contributed by atoms with Crippen molar-refractivity contribution < 1.29 is 17.9 Å². The molecule has 0 bridgehead atoms. The largest absolute Gasteiger partial charge is 0.497 e. The molecule has 1 aliphatic rings. The van der Waals surface area contributed by atoms with Gasteiger partial charge >= 0.3 is 6.30 Å². The van der Waals surface area contributed by atoms with Crippen LogP contribution in [-0.2, 0) is 0 Å². The van der Waals surface area contributed by atoms with Crippen LogP contribution in [0.25, 0.3) is 0 Å². The van der Waals surface area contributed by atoms with Crippen LogP contribution in [0.5, 0.6) is 5.75 Å². The highest BCUT2D eigenvalue weighted by atomic mass is 19.4. The molecule has 106 valence electrons. The van der Waals surface area contributed by atoms with Crippen LogP contribution in [0.3, 0.4) is 0 Å². The van der Waals surface area contributed by atoms with E-state index in [1.165, 1.54) is 0 Å². The molecule has 1 saturated heterocycles. The SMILES string of the molecule is COc1ccc(N2CCN(C(F)(F)F)CC2C)cc1. The van der Waals surface area contributed by atoms with Crippen LogP contribution in [0.15, 0.2) is 24.3 Å². The maximum absolute atomic E-state index is 12.6. The third-order valence-electron chi connectivity index (χ3n) is 3.39. The molecule has 0 amide bonds. The zero-order chi connectivity index (χ0) is 14.0. The predicted octanol–water partition coefficient (Wildman–Crippen LogP) is 2.73. The van der Waals surface area contributed by atoms with Crippen molar-refractivity contribution >= 4 is 5.69 Å². The second kappa shape index (κ2) is 5.28. The molecule has 0 aliphatic carbocycles. The molecular formula is C13H17F3N2O. The molecule has 6 heteroatoms. The molecule has 19 heavy (non-hydrogen) atoms. The maximum atomic E-state index is 12.6. The smallest absolute Gasteiger partial charge is 0.460 e. The van der Waals surface area contributed by atoms with Crippen LogP contribution in [0.4, 0.5) is 18.9 Å². The first kappa shape index (κ1) is 14.0. The molecule has 0 aromatic heterocycles. The standard InChI is InChI=1S/C13H17F3N2O/c1-10-9-17(13(14,15)16)7-8-18(10)11-3-5-12(19-2)6-4-11/h3-6,10H,7-9H2,1-2H3. The summed E-state index contributed by atoms with van der Waals surface area (Å²) in [6.07, 6.45) is -4.24. The van der Waals surface area contributed by atoms with Crippen LogP contribution in [0.2, 0.25) is 0 Å². The Kier molecular flexibility index (Phi) is 3.89. The molecule has 2 rings (SSSR count). The lowest BCUT2D eigenvalue weighted by Crippen LogP contribution is -2.56. The molecule has 1 fully saturated rings. The van der Waals surface area contributed by atoms with Crippen LogP contribution in [0, 0.1) is 0 Å². The van der Waals surface area contributed by atoms with Gasteiger partial charge in [0.25, 0.3) is 0 Å². The van der Waals surface area contributed by atoms with Crippen LogP contribution in [0.1, 0.15) is 6.92 Å². The van der Waals surface area contributed by atoms with E-state index in [0.29, 0.717) is 11.4 Å². The Morgan fingerprint density at radius 3 is 2.26 bits per heavy atom. The Morgan fingerprint density at radius 1 is 1.16 bits per heavy atom. The number of methoxy groups -OCH3 is 1. The molecule has 0 saturated carbocycles. The fourth-order valence-corrected chi connectivity index (χ4v) is 2.35. The van der Waals surface area contributed by atoms with E-state index in [1.807, 2.05) is 36.1 Å². The number of hydrogen-bond donors (Lipinski definition) is 0. The highest BCUT2D eigenvalue weighted by Crippen LogP contribution is 2.28. The third kappa shape index (κ3) is 3.12. The van der Waals surface area contributed by atoms with Gasteiger partial charge in [-0.1, -0.05) is 0 Å². The normalized spacial score (nSPS) is 21.5. The molecule has 1 aromatic carbocycles. The van der Waals surface area contributed by atoms with Crippen molar-refractivity contribution in [2.75, 3.05) is 31.6 Å². The number of rotatable bonds is 2. The lowest BCUT2D eigenvalue weighted by molar-refractivity contribution is -0.248. The van der Waals surface area contributed by atoms with Gasteiger partial charge in [0, 0.05) is 31.4 Å². The van der Waals surface area contributed by atoms with Gasteiger partial charge in [0.05, 0.1) is 7.11 Å². The van der Waals surface area contributed by atoms with Crippen molar-refractivity contribution in [2.24, 2.45) is 0 Å². The Bertz CT molecular complexity index is 419. The summed E-state index contributed by atoms with van der Waals surface area (Å²) < 4.78 is 43.0. The summed E-state index contributed by atoms with van der Waals surface area (Å²) in [5.74, 6) is 0.741. The monoisotopic (exact) mass is 274 g/mol. The first-order valence-corrected chi connectivity index (χ1v) is 6.14. The van der Waals surface area contributed by atoms with Crippen molar-refractivity contribution in [3.8, 4) is 5.75 Å². The van der Waals surface area contributed by atoms with Gasteiger partial charge in [-0.2, -0.15) is 13.2 Å². The first-order chi connectivity index (χ1) is 8.91. The summed E-state index contributed by atoms with van der Waals surface area (Å²) in [5, 5.41) is 0. The van der Waals surface area contributed by atoms with E-state index in [-0.39, 0.29) is 19.1 Å². The van der Waals surface area contributed by atoms with Crippen molar-refractivity contribution in [1.82, 2.24) is 4.90 Å². The number of piperazine rings is 1. The topological polar surface area (TPSA) is 15.7 Å². The second-order valence-electron chi connectivity index (χ2n) is 4.65. The number of nitrogens with zero attached hydrogens (tertiary/aromatic N) is 2. The van der Waals surface area contributed by atoms with Crippen molar-refractivity contribution in [3.05, 3.63) is 24.3 Å². The molecule has 0 spiro atoms. The van der Waals surface area contributed by atoms with Gasteiger partial charge in [0.2, 0.25) is 0 Å². The molecule has 3 nitrogen and oxygen atoms in total. The number of alkyl halides is 3. The van der Waals surface area contributed by atoms with Crippen LogP contribution >= 0.6 is 0 Å². The molecule has 1 heterocycles. The zero-order valence-electron chi connectivity index (χ0n) is 10.9. The minimum atomic E-state index is -4.24. The summed E-state index contributed by atoms with van der Waals surface area (Å²) in [7, 11) is 1.58. The van der Waals surface area contributed by atoms with Gasteiger partial charge in [0.1, 0.15) is 5.75 Å². The number of halogens is 3. The fraction of sp³-hybridized carbons (Fsp3) is 0.538. The van der Waals surface area contributed by atoms with E-state index in [0.717, 1.165) is 11.4 Å². The van der Waals surface area contributed by atoms with Gasteiger partial charge in [0.15, 0.2) is 0 Å². The van der Waals surface area contributed by atoms with E-state index < -0.39 is 6.30 Å². The Balaban J connectivity index is 2.06. The summed E-state index contributed by atoms with van der Waals surface area (Å²) >= 11 is 0. The number of hydrogen-bond acceptors (Lipinski definition) is 3. The molecule has 1 atom stereocenters. The minimum Gasteiger partial charge on any atom is -0.497 e. The summed E-state index contributed by atoms with van der Waals surface area (Å²) in [6, 6.07) is 7.21. The van der Waals surface area contributed by atoms with Gasteiger partial charge < -0.3 is 9.64 Å². The maximum Gasteiger partial charge on any atom is 0.460 e. The zero-order valence-corrected chi connectivity index (χ0v) is 10.9. The molecule has 1 unspecified atom stereocenters. The number of anilines is 1. The fourth-order valence-electron chi connectivity index (χ4n) is 2.35. The van der Waals surface area contributed by atoms with E-state index in [9.17, 15) is 13.2 Å².